The Morgan fingerprint density at radius 3 is 2.06 bits per heavy atom. The van der Waals surface area contributed by atoms with E-state index in [1.54, 1.807) is 12.1 Å². The molecule has 0 aliphatic heterocycles. The molecule has 0 N–H and O–H groups in total. The number of carbonyl (C=O) groups is 2. The highest BCUT2D eigenvalue weighted by Gasteiger charge is 2.29. The highest BCUT2D eigenvalue weighted by molar-refractivity contribution is 7.92. The van der Waals surface area contributed by atoms with E-state index in [-0.39, 0.29) is 6.61 Å². The van der Waals surface area contributed by atoms with E-state index in [2.05, 4.69) is 6.92 Å². The van der Waals surface area contributed by atoms with Crippen molar-refractivity contribution in [2.24, 2.45) is 0 Å². The van der Waals surface area contributed by atoms with E-state index in [1.165, 1.54) is 0 Å². The second-order valence-electron chi connectivity index (χ2n) is 9.08. The van der Waals surface area contributed by atoms with Crippen LogP contribution in [0, 0.1) is 0 Å². The Morgan fingerprint density at radius 2 is 1.57 bits per heavy atom. The van der Waals surface area contributed by atoms with Crippen molar-refractivity contribution >= 4 is 44.6 Å². The average Bonchev–Trinajstić information content (AvgIpc) is 2.77. The fraction of sp³-hybridized carbons (Fsp3) is 0.462. The molecule has 0 spiro atoms. The van der Waals surface area contributed by atoms with Crippen LogP contribution >= 0.6 is 23.2 Å². The number of ketones is 2. The third kappa shape index (κ3) is 7.95. The minimum absolute atomic E-state index is 0.327. The van der Waals surface area contributed by atoms with Gasteiger partial charge in [0.2, 0.25) is 0 Å². The summed E-state index contributed by atoms with van der Waals surface area (Å²) in [6, 6.07) is 10.9. The molecular weight excluding hydrogens is 511 g/mol. The first-order chi connectivity index (χ1) is 16.3. The van der Waals surface area contributed by atoms with Gasteiger partial charge in [0.1, 0.15) is 23.4 Å². The summed E-state index contributed by atoms with van der Waals surface area (Å²) in [6.45, 7) is 7.54. The highest BCUT2D eigenvalue weighted by Crippen LogP contribution is 2.40. The van der Waals surface area contributed by atoms with Crippen LogP contribution in [0.4, 0.5) is 0 Å². The van der Waals surface area contributed by atoms with Gasteiger partial charge in [0.05, 0.1) is 16.7 Å². The summed E-state index contributed by atoms with van der Waals surface area (Å²) < 4.78 is 34.7. The van der Waals surface area contributed by atoms with Crippen LogP contribution in [0.25, 0.3) is 0 Å². The summed E-state index contributed by atoms with van der Waals surface area (Å²) in [4.78, 5) is 23.8. The average molecular weight is 544 g/mol. The van der Waals surface area contributed by atoms with Crippen LogP contribution in [0.15, 0.2) is 36.4 Å². The summed E-state index contributed by atoms with van der Waals surface area (Å²) in [7, 11) is -3.66. The number of ether oxygens (including phenoxy) is 2. The second kappa shape index (κ2) is 12.2. The molecule has 192 valence electrons. The first-order valence-electron chi connectivity index (χ1n) is 11.3. The van der Waals surface area contributed by atoms with Crippen molar-refractivity contribution in [3.05, 3.63) is 57.6 Å². The molecule has 0 fully saturated rings. The van der Waals surface area contributed by atoms with E-state index < -0.39 is 38.5 Å². The summed E-state index contributed by atoms with van der Waals surface area (Å²) in [6.07, 6.45) is 2.46. The van der Waals surface area contributed by atoms with Crippen molar-refractivity contribution in [3.63, 3.8) is 0 Å². The summed E-state index contributed by atoms with van der Waals surface area (Å²) in [5, 5.41) is -0.440. The van der Waals surface area contributed by atoms with Gasteiger partial charge in [-0.25, -0.2) is 8.42 Å². The van der Waals surface area contributed by atoms with E-state index in [1.807, 2.05) is 38.1 Å². The maximum atomic E-state index is 12.2. The predicted octanol–water partition coefficient (Wildman–Crippen LogP) is 5.84. The van der Waals surface area contributed by atoms with Crippen molar-refractivity contribution in [1.82, 2.24) is 0 Å². The molecule has 2 aromatic carbocycles. The zero-order chi connectivity index (χ0) is 26.4. The van der Waals surface area contributed by atoms with Crippen molar-refractivity contribution in [2.45, 2.75) is 57.6 Å². The minimum Gasteiger partial charge on any atom is -0.490 e. The molecule has 0 radical (unpaired) electrons. The number of hydrogen-bond acceptors (Lipinski definition) is 6. The molecule has 2 aromatic rings. The second-order valence-corrected chi connectivity index (χ2v) is 12.1. The van der Waals surface area contributed by atoms with E-state index in [9.17, 15) is 18.0 Å². The largest absolute Gasteiger partial charge is 0.490 e. The summed E-state index contributed by atoms with van der Waals surface area (Å²) in [5.41, 5.74) is 1.44. The van der Waals surface area contributed by atoms with Gasteiger partial charge in [-0.05, 0) is 48.7 Å². The van der Waals surface area contributed by atoms with Crippen LogP contribution in [-0.2, 0) is 24.8 Å². The van der Waals surface area contributed by atoms with Crippen LogP contribution in [0.1, 0.15) is 58.1 Å². The SMILES string of the molecule is CCCCOc1c(Cl)cc(C(C)(C)c2ccc(OCC(=O)CC(C(C)=O)S(C)(=O)=O)cc2)cc1Cl. The standard InChI is InChI=1S/C26H32Cl2O6S/c1-6-7-12-33-25-22(27)13-19(14-23(25)28)26(3,4)18-8-10-21(11-9-18)34-16-20(30)15-24(17(2)29)35(5,31)32/h8-11,13-14,24H,6-7,12,15-16H2,1-5H3. The molecule has 0 bridgehead atoms. The topological polar surface area (TPSA) is 86.7 Å². The van der Waals surface area contributed by atoms with Gasteiger partial charge in [-0.15, -0.1) is 0 Å². The molecule has 2 rings (SSSR count). The van der Waals surface area contributed by atoms with Crippen LogP contribution in [0.5, 0.6) is 11.5 Å². The maximum absolute atomic E-state index is 12.2. The molecule has 35 heavy (non-hydrogen) atoms. The molecule has 0 saturated carbocycles. The van der Waals surface area contributed by atoms with Gasteiger partial charge in [-0.3, -0.25) is 9.59 Å². The zero-order valence-electron chi connectivity index (χ0n) is 20.7. The first kappa shape index (κ1) is 29.1. The molecule has 9 heteroatoms. The fourth-order valence-corrected chi connectivity index (χ4v) is 5.23. The number of Topliss-reactive ketones (excluding diaryl/α,β-unsaturated/α-hetero) is 2. The third-order valence-electron chi connectivity index (χ3n) is 5.82. The van der Waals surface area contributed by atoms with Gasteiger partial charge in [-0.2, -0.15) is 0 Å². The lowest BCUT2D eigenvalue weighted by Gasteiger charge is -2.27. The molecule has 0 saturated heterocycles. The number of unbranched alkanes of at least 4 members (excludes halogenated alkanes) is 1. The predicted molar refractivity (Wildman–Crippen MR) is 140 cm³/mol. The Labute approximate surface area is 217 Å². The lowest BCUT2D eigenvalue weighted by Crippen LogP contribution is -2.31. The molecule has 0 heterocycles. The van der Waals surface area contributed by atoms with Gasteiger partial charge in [0.15, 0.2) is 21.4 Å². The van der Waals surface area contributed by atoms with Gasteiger partial charge < -0.3 is 9.47 Å². The normalized spacial score (nSPS) is 12.8. The van der Waals surface area contributed by atoms with Gasteiger partial charge >= 0.3 is 0 Å². The van der Waals surface area contributed by atoms with Crippen molar-refractivity contribution in [1.29, 1.82) is 0 Å². The number of sulfone groups is 1. The van der Waals surface area contributed by atoms with Gasteiger partial charge in [0, 0.05) is 18.1 Å². The molecule has 1 atom stereocenters. The molecule has 1 unspecified atom stereocenters. The number of benzene rings is 2. The first-order valence-corrected chi connectivity index (χ1v) is 14.0. The molecule has 0 aliphatic carbocycles. The van der Waals surface area contributed by atoms with E-state index in [0.717, 1.165) is 37.1 Å². The molecule has 0 aliphatic rings. The molecular formula is C26H32Cl2O6S. The van der Waals surface area contributed by atoms with Crippen LogP contribution in [-0.4, -0.2) is 44.7 Å². The minimum atomic E-state index is -3.66. The zero-order valence-corrected chi connectivity index (χ0v) is 23.0. The monoisotopic (exact) mass is 542 g/mol. The Bertz CT molecular complexity index is 1130. The van der Waals surface area contributed by atoms with Gasteiger partial charge in [0.25, 0.3) is 0 Å². The number of halogens is 2. The van der Waals surface area contributed by atoms with Crippen LogP contribution < -0.4 is 9.47 Å². The third-order valence-corrected chi connectivity index (χ3v) is 7.92. The lowest BCUT2D eigenvalue weighted by atomic mass is 9.78. The lowest BCUT2D eigenvalue weighted by molar-refractivity contribution is -0.124. The van der Waals surface area contributed by atoms with Crippen molar-refractivity contribution in [3.8, 4) is 11.5 Å². The smallest absolute Gasteiger partial charge is 0.171 e. The van der Waals surface area contributed by atoms with E-state index in [4.69, 9.17) is 32.7 Å². The Balaban J connectivity index is 2.10. The summed E-state index contributed by atoms with van der Waals surface area (Å²) >= 11 is 12.9. The van der Waals surface area contributed by atoms with Gasteiger partial charge in [-0.1, -0.05) is 62.5 Å². The van der Waals surface area contributed by atoms with Crippen molar-refractivity contribution < 1.29 is 27.5 Å². The Kier molecular flexibility index (Phi) is 10.2. The number of carbonyl (C=O) groups excluding carboxylic acids is 2. The van der Waals surface area contributed by atoms with Crippen LogP contribution in [0.2, 0.25) is 10.0 Å². The summed E-state index contributed by atoms with van der Waals surface area (Å²) in [5.74, 6) is -0.0937. The van der Waals surface area contributed by atoms with Crippen LogP contribution in [0.3, 0.4) is 0 Å². The maximum Gasteiger partial charge on any atom is 0.171 e. The van der Waals surface area contributed by atoms with Crippen molar-refractivity contribution in [2.75, 3.05) is 19.5 Å². The number of hydrogen-bond donors (Lipinski definition) is 0. The Hall–Kier alpha value is -2.09. The number of rotatable bonds is 13. The molecule has 0 amide bonds. The quantitative estimate of drug-likeness (QED) is 0.295. The Morgan fingerprint density at radius 1 is 1.00 bits per heavy atom. The molecule has 6 nitrogen and oxygen atoms in total. The highest BCUT2D eigenvalue weighted by atomic mass is 35.5. The van der Waals surface area contributed by atoms with E-state index >= 15 is 0 Å². The molecule has 0 aromatic heterocycles. The van der Waals surface area contributed by atoms with E-state index in [0.29, 0.717) is 28.2 Å². The fourth-order valence-electron chi connectivity index (χ4n) is 3.54.